The van der Waals surface area contributed by atoms with Gasteiger partial charge in [-0.2, -0.15) is 4.57 Å². The lowest BCUT2D eigenvalue weighted by Gasteiger charge is -2.38. The number of hydrogen-bond acceptors (Lipinski definition) is 1. The van der Waals surface area contributed by atoms with Gasteiger partial charge in [0.2, 0.25) is 11.2 Å². The number of pyridine rings is 1. The van der Waals surface area contributed by atoms with Crippen molar-refractivity contribution < 1.29 is 4.57 Å². The van der Waals surface area contributed by atoms with Crippen molar-refractivity contribution in [1.82, 2.24) is 0 Å². The Kier molecular flexibility index (Phi) is 2.49. The number of para-hydroxylation sites is 1. The number of nitrogens with zero attached hydrogens (tertiary/aromatic N) is 2. The molecule has 2 heterocycles. The van der Waals surface area contributed by atoms with E-state index in [0.29, 0.717) is 12.0 Å². The van der Waals surface area contributed by atoms with Gasteiger partial charge in [-0.1, -0.05) is 48.6 Å². The van der Waals surface area contributed by atoms with Crippen LogP contribution in [0.5, 0.6) is 0 Å². The summed E-state index contributed by atoms with van der Waals surface area (Å²) in [6, 6.07) is 15.8. The van der Waals surface area contributed by atoms with Crippen LogP contribution in [0.25, 0.3) is 21.7 Å². The number of rotatable bonds is 0. The maximum atomic E-state index is 2.43. The molecule has 5 rings (SSSR count). The van der Waals surface area contributed by atoms with Crippen molar-refractivity contribution >= 4 is 27.4 Å². The number of allylic oxidation sites excluding steroid dienone is 2. The Labute approximate surface area is 136 Å². The quantitative estimate of drug-likeness (QED) is 0.452. The Morgan fingerprint density at radius 1 is 0.913 bits per heavy atom. The fraction of sp³-hybridized carbons (Fsp3) is 0.190. The minimum absolute atomic E-state index is 0.394. The molecular weight excluding hydrogens is 280 g/mol. The van der Waals surface area contributed by atoms with Gasteiger partial charge >= 0.3 is 0 Å². The molecule has 2 nitrogen and oxygen atoms in total. The van der Waals surface area contributed by atoms with E-state index in [4.69, 9.17) is 0 Å². The third-order valence-corrected chi connectivity index (χ3v) is 5.46. The largest absolute Gasteiger partial charge is 0.366 e. The lowest BCUT2D eigenvalue weighted by atomic mass is 9.83. The Balaban J connectivity index is 2.03. The monoisotopic (exact) mass is 299 g/mol. The molecule has 112 valence electrons. The zero-order chi connectivity index (χ0) is 15.6. The molecule has 0 saturated heterocycles. The lowest BCUT2D eigenvalue weighted by molar-refractivity contribution is -0.652. The van der Waals surface area contributed by atoms with Gasteiger partial charge in [0.15, 0.2) is 0 Å². The molecule has 2 heteroatoms. The van der Waals surface area contributed by atoms with E-state index >= 15 is 0 Å². The van der Waals surface area contributed by atoms with Crippen LogP contribution in [-0.4, -0.2) is 13.1 Å². The van der Waals surface area contributed by atoms with Crippen molar-refractivity contribution in [2.45, 2.75) is 12.0 Å². The minimum atomic E-state index is 0.394. The molecule has 2 unspecified atom stereocenters. The third-order valence-electron chi connectivity index (χ3n) is 5.46. The van der Waals surface area contributed by atoms with Gasteiger partial charge in [0.1, 0.15) is 7.05 Å². The maximum absolute atomic E-state index is 2.43. The van der Waals surface area contributed by atoms with Crippen molar-refractivity contribution in [3.05, 3.63) is 72.5 Å². The zero-order valence-corrected chi connectivity index (χ0v) is 13.4. The highest BCUT2D eigenvalue weighted by molar-refractivity contribution is 6.10. The molecule has 0 bridgehead atoms. The van der Waals surface area contributed by atoms with Gasteiger partial charge in [0.25, 0.3) is 0 Å². The first-order chi connectivity index (χ1) is 11.3. The Hall–Kier alpha value is -2.61. The summed E-state index contributed by atoms with van der Waals surface area (Å²) < 4.78 is 2.40. The van der Waals surface area contributed by atoms with Crippen LogP contribution in [0.1, 0.15) is 11.6 Å². The Bertz CT molecular complexity index is 1010. The van der Waals surface area contributed by atoms with E-state index < -0.39 is 0 Å². The normalized spacial score (nSPS) is 21.9. The van der Waals surface area contributed by atoms with Crippen LogP contribution in [0.4, 0.5) is 5.69 Å². The van der Waals surface area contributed by atoms with Gasteiger partial charge in [-0.3, -0.25) is 0 Å². The molecule has 2 aliphatic rings. The molecule has 3 aromatic rings. The molecule has 23 heavy (non-hydrogen) atoms. The highest BCUT2D eigenvalue weighted by atomic mass is 15.2. The summed E-state index contributed by atoms with van der Waals surface area (Å²) in [5, 5.41) is 4.09. The van der Waals surface area contributed by atoms with E-state index in [2.05, 4.69) is 90.3 Å². The number of fused-ring (bicyclic) bond motifs is 4. The van der Waals surface area contributed by atoms with E-state index in [9.17, 15) is 0 Å². The smallest absolute Gasteiger partial charge is 0.213 e. The van der Waals surface area contributed by atoms with Gasteiger partial charge < -0.3 is 4.90 Å². The zero-order valence-electron chi connectivity index (χ0n) is 13.4. The van der Waals surface area contributed by atoms with Crippen molar-refractivity contribution in [3.63, 3.8) is 0 Å². The highest BCUT2D eigenvalue weighted by Gasteiger charge is 2.38. The van der Waals surface area contributed by atoms with Crippen LogP contribution in [0, 0.1) is 0 Å². The summed E-state index contributed by atoms with van der Waals surface area (Å²) >= 11 is 0. The second-order valence-corrected chi connectivity index (χ2v) is 6.56. The van der Waals surface area contributed by atoms with Crippen LogP contribution in [0.15, 0.2) is 66.8 Å². The Morgan fingerprint density at radius 2 is 1.70 bits per heavy atom. The number of benzene rings is 2. The number of hydrogen-bond donors (Lipinski definition) is 0. The Morgan fingerprint density at radius 3 is 2.61 bits per heavy atom. The van der Waals surface area contributed by atoms with Crippen molar-refractivity contribution in [2.75, 3.05) is 11.9 Å². The first-order valence-corrected chi connectivity index (χ1v) is 8.18. The first kappa shape index (κ1) is 12.9. The molecule has 0 spiro atoms. The van der Waals surface area contributed by atoms with E-state index in [1.54, 1.807) is 0 Å². The van der Waals surface area contributed by atoms with Gasteiger partial charge in [-0.05, 0) is 12.1 Å². The molecule has 0 saturated carbocycles. The molecule has 0 N–H and O–H groups in total. The standard InChI is InChI=1S/C21H19N2/c1-22-18-12-6-4-9-16(18)21-20-15(10-7-13-19(20)22)14-8-3-5-11-17(14)23(21)2/h3-13,16,18H,1-2H3/q+1. The molecule has 1 aromatic heterocycles. The van der Waals surface area contributed by atoms with E-state index in [1.807, 2.05) is 0 Å². The summed E-state index contributed by atoms with van der Waals surface area (Å²) in [6.45, 7) is 0. The van der Waals surface area contributed by atoms with Crippen molar-refractivity contribution in [1.29, 1.82) is 0 Å². The highest BCUT2D eigenvalue weighted by Crippen LogP contribution is 2.43. The predicted octanol–water partition coefficient (Wildman–Crippen LogP) is 3.85. The third kappa shape index (κ3) is 1.56. The van der Waals surface area contributed by atoms with Gasteiger partial charge in [0.05, 0.1) is 28.4 Å². The summed E-state index contributed by atoms with van der Waals surface area (Å²) in [4.78, 5) is 2.43. The van der Waals surface area contributed by atoms with Crippen molar-refractivity contribution in [2.24, 2.45) is 7.05 Å². The van der Waals surface area contributed by atoms with Crippen molar-refractivity contribution in [3.8, 4) is 0 Å². The fourth-order valence-corrected chi connectivity index (χ4v) is 4.39. The van der Waals surface area contributed by atoms with E-state index in [-0.39, 0.29) is 0 Å². The predicted molar refractivity (Wildman–Crippen MR) is 95.8 cm³/mol. The summed E-state index contributed by atoms with van der Waals surface area (Å²) in [7, 11) is 4.43. The second kappa shape index (κ2) is 4.45. The first-order valence-electron chi connectivity index (χ1n) is 8.18. The molecule has 0 amide bonds. The average Bonchev–Trinajstić information content (AvgIpc) is 2.61. The van der Waals surface area contributed by atoms with Crippen LogP contribution < -0.4 is 9.47 Å². The van der Waals surface area contributed by atoms with E-state index in [1.165, 1.54) is 33.1 Å². The minimum Gasteiger partial charge on any atom is -0.366 e. The average molecular weight is 299 g/mol. The molecule has 0 fully saturated rings. The molecule has 0 radical (unpaired) electrons. The fourth-order valence-electron chi connectivity index (χ4n) is 4.39. The van der Waals surface area contributed by atoms with Crippen LogP contribution in [0.2, 0.25) is 0 Å². The van der Waals surface area contributed by atoms with Crippen LogP contribution >= 0.6 is 0 Å². The molecule has 2 aromatic carbocycles. The summed E-state index contributed by atoms with van der Waals surface area (Å²) in [5.74, 6) is 0.400. The molecule has 1 aliphatic heterocycles. The molecule has 2 atom stereocenters. The number of anilines is 1. The lowest BCUT2D eigenvalue weighted by Crippen LogP contribution is -2.46. The molecule has 1 aliphatic carbocycles. The number of aromatic nitrogens is 1. The van der Waals surface area contributed by atoms with Gasteiger partial charge in [0, 0.05) is 18.5 Å². The summed E-state index contributed by atoms with van der Waals surface area (Å²) in [6.07, 6.45) is 9.02. The van der Waals surface area contributed by atoms with E-state index in [0.717, 1.165) is 0 Å². The second-order valence-electron chi connectivity index (χ2n) is 6.56. The number of aryl methyl sites for hydroxylation is 1. The van der Waals surface area contributed by atoms with Crippen LogP contribution in [-0.2, 0) is 7.05 Å². The SMILES string of the molecule is CN1c2cccc3c2c([n+](C)c2ccccc32)C2C=CC=CC21. The number of likely N-dealkylation sites (N-methyl/N-ethyl adjacent to an activating group) is 1. The van der Waals surface area contributed by atoms with Crippen LogP contribution in [0.3, 0.4) is 0 Å². The summed E-state index contributed by atoms with van der Waals surface area (Å²) in [5.41, 5.74) is 4.07. The topological polar surface area (TPSA) is 7.12 Å². The molecular formula is C21H19N2+. The maximum Gasteiger partial charge on any atom is 0.213 e. The van der Waals surface area contributed by atoms with Gasteiger partial charge in [-0.15, -0.1) is 0 Å². The van der Waals surface area contributed by atoms with Gasteiger partial charge in [-0.25, -0.2) is 0 Å².